The maximum Gasteiger partial charge on any atom is 0.310 e. The highest BCUT2D eigenvalue weighted by Gasteiger charge is 2.18. The molecule has 2 nitrogen and oxygen atoms in total. The van der Waals surface area contributed by atoms with Gasteiger partial charge < -0.3 is 5.11 Å². The molecular formula is C15H15FO2. The highest BCUT2D eigenvalue weighted by Crippen LogP contribution is 2.23. The first kappa shape index (κ1) is 12.6. The van der Waals surface area contributed by atoms with Gasteiger partial charge in [0.15, 0.2) is 0 Å². The summed E-state index contributed by atoms with van der Waals surface area (Å²) in [6.07, 6.45) is 7.71. The second-order valence-corrected chi connectivity index (χ2v) is 4.55. The first-order valence-corrected chi connectivity index (χ1v) is 5.93. The van der Waals surface area contributed by atoms with Gasteiger partial charge in [0.25, 0.3) is 0 Å². The third-order valence-electron chi connectivity index (χ3n) is 3.18. The van der Waals surface area contributed by atoms with Crippen LogP contribution in [0.15, 0.2) is 42.0 Å². The number of rotatable bonds is 4. The molecule has 94 valence electrons. The minimum atomic E-state index is -1.01. The Morgan fingerprint density at radius 1 is 1.50 bits per heavy atom. The van der Waals surface area contributed by atoms with E-state index in [2.05, 4.69) is 6.08 Å². The van der Waals surface area contributed by atoms with E-state index in [1.54, 1.807) is 12.1 Å². The van der Waals surface area contributed by atoms with Gasteiger partial charge in [-0.25, -0.2) is 4.39 Å². The van der Waals surface area contributed by atoms with Crippen molar-refractivity contribution in [2.75, 3.05) is 0 Å². The minimum Gasteiger partial charge on any atom is -0.481 e. The normalized spacial score (nSPS) is 15.6. The average molecular weight is 246 g/mol. The topological polar surface area (TPSA) is 37.3 Å². The highest BCUT2D eigenvalue weighted by atomic mass is 19.1. The SMILES string of the molecule is CC(C(=O)O)c1ccc(CC2=CC=CC2)cc1F. The van der Waals surface area contributed by atoms with Crippen LogP contribution in [-0.2, 0) is 11.2 Å². The number of allylic oxidation sites excluding steroid dienone is 4. The maximum absolute atomic E-state index is 13.8. The molecule has 1 aromatic rings. The van der Waals surface area contributed by atoms with Crippen LogP contribution >= 0.6 is 0 Å². The fraction of sp³-hybridized carbons (Fsp3) is 0.267. The molecule has 2 rings (SSSR count). The number of carbonyl (C=O) groups is 1. The summed E-state index contributed by atoms with van der Waals surface area (Å²) in [7, 11) is 0. The number of hydrogen-bond donors (Lipinski definition) is 1. The van der Waals surface area contributed by atoms with E-state index in [4.69, 9.17) is 5.11 Å². The van der Waals surface area contributed by atoms with Crippen LogP contribution in [0.3, 0.4) is 0 Å². The molecule has 0 spiro atoms. The lowest BCUT2D eigenvalue weighted by Crippen LogP contribution is -2.09. The molecule has 18 heavy (non-hydrogen) atoms. The first-order valence-electron chi connectivity index (χ1n) is 5.93. The first-order chi connectivity index (χ1) is 8.58. The third-order valence-corrected chi connectivity index (χ3v) is 3.18. The zero-order chi connectivity index (χ0) is 13.1. The molecule has 0 aliphatic heterocycles. The molecule has 0 aromatic heterocycles. The van der Waals surface area contributed by atoms with Gasteiger partial charge in [0.2, 0.25) is 0 Å². The van der Waals surface area contributed by atoms with Crippen molar-refractivity contribution >= 4 is 5.97 Å². The Hall–Kier alpha value is -1.90. The lowest BCUT2D eigenvalue weighted by atomic mass is 9.97. The monoisotopic (exact) mass is 246 g/mol. The molecule has 1 aliphatic rings. The van der Waals surface area contributed by atoms with Gasteiger partial charge in [-0.2, -0.15) is 0 Å². The van der Waals surface area contributed by atoms with Crippen molar-refractivity contribution < 1.29 is 14.3 Å². The van der Waals surface area contributed by atoms with Crippen molar-refractivity contribution in [1.29, 1.82) is 0 Å². The van der Waals surface area contributed by atoms with E-state index in [1.165, 1.54) is 18.6 Å². The fourth-order valence-electron chi connectivity index (χ4n) is 2.05. The van der Waals surface area contributed by atoms with E-state index in [0.717, 1.165) is 12.0 Å². The second kappa shape index (κ2) is 5.17. The van der Waals surface area contributed by atoms with E-state index in [9.17, 15) is 9.18 Å². The van der Waals surface area contributed by atoms with Crippen molar-refractivity contribution in [2.24, 2.45) is 0 Å². The molecule has 0 saturated carbocycles. The van der Waals surface area contributed by atoms with Gasteiger partial charge in [-0.1, -0.05) is 35.9 Å². The Bertz CT molecular complexity index is 529. The van der Waals surface area contributed by atoms with Crippen molar-refractivity contribution in [3.8, 4) is 0 Å². The molecule has 1 N–H and O–H groups in total. The molecule has 3 heteroatoms. The molecule has 0 bridgehead atoms. The van der Waals surface area contributed by atoms with Gasteiger partial charge in [0, 0.05) is 5.56 Å². The van der Waals surface area contributed by atoms with Crippen LogP contribution in [0.5, 0.6) is 0 Å². The number of carboxylic acid groups (broad SMARTS) is 1. The Morgan fingerprint density at radius 2 is 2.28 bits per heavy atom. The zero-order valence-electron chi connectivity index (χ0n) is 10.2. The van der Waals surface area contributed by atoms with Gasteiger partial charge in [-0.3, -0.25) is 4.79 Å². The number of carboxylic acids is 1. The Labute approximate surface area is 105 Å². The summed E-state index contributed by atoms with van der Waals surface area (Å²) in [6, 6.07) is 4.82. The summed E-state index contributed by atoms with van der Waals surface area (Å²) in [4.78, 5) is 10.8. The Balaban J connectivity index is 2.16. The Morgan fingerprint density at radius 3 is 2.83 bits per heavy atom. The summed E-state index contributed by atoms with van der Waals surface area (Å²) in [6.45, 7) is 1.49. The molecule has 0 heterocycles. The van der Waals surface area contributed by atoms with Crippen LogP contribution in [0.2, 0.25) is 0 Å². The largest absolute Gasteiger partial charge is 0.481 e. The van der Waals surface area contributed by atoms with Crippen LogP contribution in [0.25, 0.3) is 0 Å². The minimum absolute atomic E-state index is 0.241. The molecule has 0 fully saturated rings. The standard InChI is InChI=1S/C15H15FO2/c1-10(15(17)18)13-7-6-12(9-14(13)16)8-11-4-2-3-5-11/h2-4,6-7,9-10H,5,8H2,1H3,(H,17,18). The van der Waals surface area contributed by atoms with Gasteiger partial charge in [0.05, 0.1) is 5.92 Å². The Kier molecular flexibility index (Phi) is 3.60. The summed E-state index contributed by atoms with van der Waals surface area (Å²) < 4.78 is 13.8. The number of hydrogen-bond acceptors (Lipinski definition) is 1. The van der Waals surface area contributed by atoms with E-state index >= 15 is 0 Å². The molecule has 1 aromatic carbocycles. The molecule has 1 unspecified atom stereocenters. The van der Waals surface area contributed by atoms with Crippen LogP contribution in [0, 0.1) is 5.82 Å². The predicted octanol–water partition coefficient (Wildman–Crippen LogP) is 3.44. The summed E-state index contributed by atoms with van der Waals surface area (Å²) in [5.74, 6) is -2.26. The number of aliphatic carboxylic acids is 1. The fourth-order valence-corrected chi connectivity index (χ4v) is 2.05. The van der Waals surface area contributed by atoms with Gasteiger partial charge in [-0.05, 0) is 31.4 Å². The van der Waals surface area contributed by atoms with E-state index in [-0.39, 0.29) is 5.56 Å². The van der Waals surface area contributed by atoms with Crippen molar-refractivity contribution in [3.05, 3.63) is 58.9 Å². The summed E-state index contributed by atoms with van der Waals surface area (Å²) in [5.41, 5.74) is 2.36. The van der Waals surface area contributed by atoms with E-state index in [1.807, 2.05) is 12.2 Å². The van der Waals surface area contributed by atoms with E-state index in [0.29, 0.717) is 6.42 Å². The number of benzene rings is 1. The lowest BCUT2D eigenvalue weighted by Gasteiger charge is -2.10. The lowest BCUT2D eigenvalue weighted by molar-refractivity contribution is -0.138. The molecule has 0 radical (unpaired) electrons. The molecule has 0 saturated heterocycles. The van der Waals surface area contributed by atoms with Gasteiger partial charge in [-0.15, -0.1) is 0 Å². The zero-order valence-corrected chi connectivity index (χ0v) is 10.2. The third kappa shape index (κ3) is 2.67. The number of halogens is 1. The van der Waals surface area contributed by atoms with E-state index < -0.39 is 17.7 Å². The van der Waals surface area contributed by atoms with Crippen LogP contribution in [0.4, 0.5) is 4.39 Å². The molecule has 0 amide bonds. The van der Waals surface area contributed by atoms with Crippen LogP contribution < -0.4 is 0 Å². The summed E-state index contributed by atoms with van der Waals surface area (Å²) in [5, 5.41) is 8.87. The van der Waals surface area contributed by atoms with Crippen molar-refractivity contribution in [2.45, 2.75) is 25.7 Å². The van der Waals surface area contributed by atoms with Crippen molar-refractivity contribution in [3.63, 3.8) is 0 Å². The van der Waals surface area contributed by atoms with Crippen LogP contribution in [-0.4, -0.2) is 11.1 Å². The summed E-state index contributed by atoms with van der Waals surface area (Å²) >= 11 is 0. The molecule has 1 aliphatic carbocycles. The van der Waals surface area contributed by atoms with Gasteiger partial charge in [0.1, 0.15) is 5.82 Å². The van der Waals surface area contributed by atoms with Gasteiger partial charge >= 0.3 is 5.97 Å². The van der Waals surface area contributed by atoms with Crippen LogP contribution in [0.1, 0.15) is 30.4 Å². The quantitative estimate of drug-likeness (QED) is 0.883. The molecule has 1 atom stereocenters. The maximum atomic E-state index is 13.8. The second-order valence-electron chi connectivity index (χ2n) is 4.55. The smallest absolute Gasteiger partial charge is 0.310 e. The highest BCUT2D eigenvalue weighted by molar-refractivity contribution is 5.75. The molecular weight excluding hydrogens is 231 g/mol. The average Bonchev–Trinajstić information content (AvgIpc) is 2.81. The predicted molar refractivity (Wildman–Crippen MR) is 68.0 cm³/mol. The van der Waals surface area contributed by atoms with Crippen molar-refractivity contribution in [1.82, 2.24) is 0 Å².